The van der Waals surface area contributed by atoms with Crippen molar-refractivity contribution in [3.8, 4) is 0 Å². The van der Waals surface area contributed by atoms with E-state index < -0.39 is 12.1 Å². The highest BCUT2D eigenvalue weighted by Gasteiger charge is 2.27. The van der Waals surface area contributed by atoms with Gasteiger partial charge in [0, 0.05) is 7.05 Å². The molecule has 0 atom stereocenters. The zero-order chi connectivity index (χ0) is 15.9. The van der Waals surface area contributed by atoms with Gasteiger partial charge < -0.3 is 10.1 Å². The Balaban J connectivity index is 2.29. The minimum Gasteiger partial charge on any atom is -0.330 e. The molecule has 0 bridgehead atoms. The van der Waals surface area contributed by atoms with Gasteiger partial charge in [-0.15, -0.1) is 11.3 Å². The minimum absolute atomic E-state index is 0.155. The highest BCUT2D eigenvalue weighted by molar-refractivity contribution is 7.14. The molecule has 4 amide bonds. The standard InChI is InChI=1S/C15H15N3O3S/c1-17(13-8-5-11-22-13)15(21)18(14(20)16-9-10-19)12-6-3-2-4-7-12/h2-8,10-11H,9H2,1H3,(H,16,20). The van der Waals surface area contributed by atoms with E-state index in [-0.39, 0.29) is 6.54 Å². The van der Waals surface area contributed by atoms with Crippen molar-refractivity contribution in [1.29, 1.82) is 0 Å². The summed E-state index contributed by atoms with van der Waals surface area (Å²) in [5.74, 6) is 0. The molecule has 1 aromatic carbocycles. The van der Waals surface area contributed by atoms with E-state index in [1.807, 2.05) is 11.4 Å². The Hall–Kier alpha value is -2.67. The second-order valence-electron chi connectivity index (χ2n) is 4.32. The molecule has 0 aliphatic rings. The fourth-order valence-corrected chi connectivity index (χ4v) is 2.49. The molecular formula is C15H15N3O3S. The van der Waals surface area contributed by atoms with Gasteiger partial charge in [-0.1, -0.05) is 18.2 Å². The number of amides is 4. The summed E-state index contributed by atoms with van der Waals surface area (Å²) >= 11 is 1.39. The van der Waals surface area contributed by atoms with Gasteiger partial charge >= 0.3 is 12.1 Å². The topological polar surface area (TPSA) is 69.7 Å². The lowest BCUT2D eigenvalue weighted by molar-refractivity contribution is -0.107. The van der Waals surface area contributed by atoms with Crippen LogP contribution >= 0.6 is 11.3 Å². The first-order chi connectivity index (χ1) is 10.6. The Bertz CT molecular complexity index is 643. The molecule has 0 radical (unpaired) electrons. The number of nitrogens with zero attached hydrogens (tertiary/aromatic N) is 2. The molecule has 22 heavy (non-hydrogen) atoms. The lowest BCUT2D eigenvalue weighted by Gasteiger charge is -2.25. The zero-order valence-corrected chi connectivity index (χ0v) is 12.7. The van der Waals surface area contributed by atoms with Crippen LogP contribution in [0.2, 0.25) is 0 Å². The first-order valence-corrected chi connectivity index (χ1v) is 7.41. The maximum atomic E-state index is 12.7. The summed E-state index contributed by atoms with van der Waals surface area (Å²) in [4.78, 5) is 37.7. The van der Waals surface area contributed by atoms with Gasteiger partial charge in [0.25, 0.3) is 0 Å². The molecule has 0 fully saturated rings. The smallest absolute Gasteiger partial charge is 0.330 e. The maximum absolute atomic E-state index is 12.7. The molecule has 7 heteroatoms. The van der Waals surface area contributed by atoms with Crippen molar-refractivity contribution in [3.05, 3.63) is 47.8 Å². The third kappa shape index (κ3) is 3.50. The van der Waals surface area contributed by atoms with Gasteiger partial charge in [0.15, 0.2) is 0 Å². The molecule has 1 aromatic heterocycles. The highest BCUT2D eigenvalue weighted by Crippen LogP contribution is 2.23. The highest BCUT2D eigenvalue weighted by atomic mass is 32.1. The Morgan fingerprint density at radius 2 is 1.91 bits per heavy atom. The Morgan fingerprint density at radius 1 is 1.18 bits per heavy atom. The number of benzene rings is 1. The minimum atomic E-state index is -0.647. The van der Waals surface area contributed by atoms with Crippen LogP contribution in [-0.2, 0) is 4.79 Å². The summed E-state index contributed by atoms with van der Waals surface area (Å²) in [5, 5.41) is 4.95. The number of carbonyl (C=O) groups is 3. The van der Waals surface area contributed by atoms with Crippen LogP contribution in [0.1, 0.15) is 0 Å². The van der Waals surface area contributed by atoms with Gasteiger partial charge in [-0.05, 0) is 29.6 Å². The predicted octanol–water partition coefficient (Wildman–Crippen LogP) is 2.72. The van der Waals surface area contributed by atoms with E-state index in [2.05, 4.69) is 5.32 Å². The number of nitrogens with one attached hydrogen (secondary N) is 1. The van der Waals surface area contributed by atoms with Crippen LogP contribution in [0.15, 0.2) is 47.8 Å². The molecule has 0 spiro atoms. The quantitative estimate of drug-likeness (QED) is 0.882. The van der Waals surface area contributed by atoms with E-state index in [0.717, 1.165) is 4.90 Å². The molecule has 1 N–H and O–H groups in total. The first kappa shape index (κ1) is 15.7. The van der Waals surface area contributed by atoms with Crippen LogP contribution in [0, 0.1) is 0 Å². The van der Waals surface area contributed by atoms with Crippen molar-refractivity contribution in [1.82, 2.24) is 5.32 Å². The van der Waals surface area contributed by atoms with Crippen LogP contribution < -0.4 is 15.1 Å². The van der Waals surface area contributed by atoms with Crippen LogP contribution in [0.3, 0.4) is 0 Å². The first-order valence-electron chi connectivity index (χ1n) is 6.53. The van der Waals surface area contributed by atoms with Crippen LogP contribution in [0.5, 0.6) is 0 Å². The van der Waals surface area contributed by atoms with Crippen molar-refractivity contribution in [3.63, 3.8) is 0 Å². The third-order valence-corrected chi connectivity index (χ3v) is 3.81. The third-order valence-electron chi connectivity index (χ3n) is 2.87. The number of hydrogen-bond donors (Lipinski definition) is 1. The monoisotopic (exact) mass is 317 g/mol. The summed E-state index contributed by atoms with van der Waals surface area (Å²) in [7, 11) is 1.59. The van der Waals surface area contributed by atoms with E-state index in [1.165, 1.54) is 16.2 Å². The number of para-hydroxylation sites is 1. The summed E-state index contributed by atoms with van der Waals surface area (Å²) in [5.41, 5.74) is 0.430. The Labute approximate surface area is 132 Å². The number of hydrogen-bond acceptors (Lipinski definition) is 4. The normalized spacial score (nSPS) is 9.86. The summed E-state index contributed by atoms with van der Waals surface area (Å²) in [6, 6.07) is 11.0. The molecule has 0 saturated heterocycles. The van der Waals surface area contributed by atoms with Crippen molar-refractivity contribution in [2.75, 3.05) is 23.4 Å². The summed E-state index contributed by atoms with van der Waals surface area (Å²) < 4.78 is 0. The summed E-state index contributed by atoms with van der Waals surface area (Å²) in [6.45, 7) is -0.155. The largest absolute Gasteiger partial charge is 0.337 e. The van der Waals surface area contributed by atoms with Crippen molar-refractivity contribution < 1.29 is 14.4 Å². The number of aldehydes is 1. The van der Waals surface area contributed by atoms with Gasteiger partial charge in [-0.25, -0.2) is 14.5 Å². The second kappa shape index (κ2) is 7.37. The molecule has 0 aliphatic carbocycles. The van der Waals surface area contributed by atoms with Crippen molar-refractivity contribution in [2.45, 2.75) is 0 Å². The van der Waals surface area contributed by atoms with Crippen LogP contribution in [0.4, 0.5) is 20.3 Å². The van der Waals surface area contributed by atoms with E-state index in [1.54, 1.807) is 43.4 Å². The molecule has 0 aliphatic heterocycles. The number of carbonyl (C=O) groups excluding carboxylic acids is 3. The van der Waals surface area contributed by atoms with Gasteiger partial charge in [-0.2, -0.15) is 0 Å². The Kier molecular flexibility index (Phi) is 5.26. The van der Waals surface area contributed by atoms with Gasteiger partial charge in [0.05, 0.1) is 17.2 Å². The fraction of sp³-hybridized carbons (Fsp3) is 0.133. The predicted molar refractivity (Wildman–Crippen MR) is 86.5 cm³/mol. The number of rotatable bonds is 4. The molecular weight excluding hydrogens is 302 g/mol. The second-order valence-corrected chi connectivity index (χ2v) is 5.24. The van der Waals surface area contributed by atoms with Gasteiger partial charge in [0.2, 0.25) is 0 Å². The van der Waals surface area contributed by atoms with E-state index in [4.69, 9.17) is 0 Å². The average molecular weight is 317 g/mol. The van der Waals surface area contributed by atoms with E-state index in [9.17, 15) is 14.4 Å². The lowest BCUT2D eigenvalue weighted by Crippen LogP contribution is -2.49. The molecule has 0 unspecified atom stereocenters. The fourth-order valence-electron chi connectivity index (χ4n) is 1.80. The van der Waals surface area contributed by atoms with E-state index in [0.29, 0.717) is 17.0 Å². The van der Waals surface area contributed by atoms with Crippen molar-refractivity contribution in [2.24, 2.45) is 0 Å². The number of anilines is 2. The molecule has 2 aromatic rings. The molecule has 1 heterocycles. The molecule has 114 valence electrons. The number of imide groups is 1. The lowest BCUT2D eigenvalue weighted by atomic mass is 10.3. The molecule has 2 rings (SSSR count). The van der Waals surface area contributed by atoms with Crippen LogP contribution in [-0.4, -0.2) is 31.9 Å². The molecule has 6 nitrogen and oxygen atoms in total. The van der Waals surface area contributed by atoms with Gasteiger partial charge in [-0.3, -0.25) is 4.90 Å². The maximum Gasteiger partial charge on any atom is 0.337 e. The average Bonchev–Trinajstić information content (AvgIpc) is 3.07. The Morgan fingerprint density at radius 3 is 2.50 bits per heavy atom. The number of urea groups is 2. The SMILES string of the molecule is CN(C(=O)N(C(=O)NCC=O)c1ccccc1)c1cccs1. The van der Waals surface area contributed by atoms with Gasteiger partial charge in [0.1, 0.15) is 6.29 Å². The summed E-state index contributed by atoms with van der Waals surface area (Å²) in [6.07, 6.45) is 0.564. The van der Waals surface area contributed by atoms with E-state index >= 15 is 0 Å². The number of thiophene rings is 1. The molecule has 0 saturated carbocycles. The van der Waals surface area contributed by atoms with Crippen molar-refractivity contribution >= 4 is 40.4 Å². The zero-order valence-electron chi connectivity index (χ0n) is 11.9. The van der Waals surface area contributed by atoms with Crippen LogP contribution in [0.25, 0.3) is 0 Å².